The van der Waals surface area contributed by atoms with Gasteiger partial charge >= 0.3 is 5.97 Å². The standard InChI is InChI=1S/C21H21NO3/c1-3-16(15-9-5-4-6-10-15)21(24)25-13-19(23)20-14(2)22-18-12-8-7-11-17(18)20/h4-12,16,22H,3,13H2,1-2H3. The first-order valence-electron chi connectivity index (χ1n) is 8.44. The van der Waals surface area contributed by atoms with E-state index in [1.165, 1.54) is 0 Å². The summed E-state index contributed by atoms with van der Waals surface area (Å²) in [6, 6.07) is 17.1. The third-order valence-corrected chi connectivity index (χ3v) is 4.41. The molecule has 0 aliphatic rings. The van der Waals surface area contributed by atoms with Crippen molar-refractivity contribution in [2.24, 2.45) is 0 Å². The van der Waals surface area contributed by atoms with E-state index in [0.717, 1.165) is 22.2 Å². The molecule has 25 heavy (non-hydrogen) atoms. The number of nitrogens with one attached hydrogen (secondary N) is 1. The van der Waals surface area contributed by atoms with Crippen molar-refractivity contribution < 1.29 is 14.3 Å². The van der Waals surface area contributed by atoms with Gasteiger partial charge in [0.1, 0.15) is 0 Å². The summed E-state index contributed by atoms with van der Waals surface area (Å²) in [4.78, 5) is 28.2. The van der Waals surface area contributed by atoms with E-state index >= 15 is 0 Å². The molecule has 0 saturated heterocycles. The van der Waals surface area contributed by atoms with Crippen molar-refractivity contribution in [1.29, 1.82) is 0 Å². The Morgan fingerprint density at radius 2 is 1.72 bits per heavy atom. The molecule has 1 unspecified atom stereocenters. The molecule has 0 bridgehead atoms. The van der Waals surface area contributed by atoms with Crippen LogP contribution >= 0.6 is 0 Å². The van der Waals surface area contributed by atoms with E-state index in [9.17, 15) is 9.59 Å². The number of Topliss-reactive ketones (excluding diaryl/α,β-unsaturated/α-hetero) is 1. The zero-order valence-corrected chi connectivity index (χ0v) is 14.4. The lowest BCUT2D eigenvalue weighted by Crippen LogP contribution is -2.20. The van der Waals surface area contributed by atoms with E-state index in [4.69, 9.17) is 4.74 Å². The van der Waals surface area contributed by atoms with Crippen LogP contribution < -0.4 is 0 Å². The second kappa shape index (κ2) is 7.34. The molecule has 0 aliphatic heterocycles. The fourth-order valence-electron chi connectivity index (χ4n) is 3.17. The number of hydrogen-bond acceptors (Lipinski definition) is 3. The molecule has 3 aromatic rings. The van der Waals surface area contributed by atoms with Crippen LogP contribution in [0.1, 0.15) is 40.9 Å². The van der Waals surface area contributed by atoms with Gasteiger partial charge in [0, 0.05) is 22.2 Å². The van der Waals surface area contributed by atoms with E-state index in [1.54, 1.807) is 0 Å². The summed E-state index contributed by atoms with van der Waals surface area (Å²) in [7, 11) is 0. The van der Waals surface area contributed by atoms with E-state index in [-0.39, 0.29) is 24.3 Å². The lowest BCUT2D eigenvalue weighted by atomic mass is 9.97. The summed E-state index contributed by atoms with van der Waals surface area (Å²) in [6.45, 7) is 3.54. The number of rotatable bonds is 6. The number of ether oxygens (including phenoxy) is 1. The summed E-state index contributed by atoms with van der Waals surface area (Å²) >= 11 is 0. The van der Waals surface area contributed by atoms with Crippen molar-refractivity contribution in [2.75, 3.05) is 6.61 Å². The maximum absolute atomic E-state index is 12.6. The van der Waals surface area contributed by atoms with Crippen molar-refractivity contribution in [3.63, 3.8) is 0 Å². The Kier molecular flexibility index (Phi) is 4.98. The van der Waals surface area contributed by atoms with Gasteiger partial charge < -0.3 is 9.72 Å². The molecule has 4 heteroatoms. The molecule has 4 nitrogen and oxygen atoms in total. The molecule has 0 aliphatic carbocycles. The third kappa shape index (κ3) is 3.48. The second-order valence-electron chi connectivity index (χ2n) is 6.07. The molecule has 1 atom stereocenters. The van der Waals surface area contributed by atoms with Gasteiger partial charge in [-0.1, -0.05) is 55.5 Å². The number of aromatic nitrogens is 1. The van der Waals surface area contributed by atoms with Crippen LogP contribution in [0.15, 0.2) is 54.6 Å². The van der Waals surface area contributed by atoms with Crippen LogP contribution in [-0.4, -0.2) is 23.3 Å². The summed E-state index contributed by atoms with van der Waals surface area (Å²) < 4.78 is 5.34. The number of aromatic amines is 1. The number of hydrogen-bond donors (Lipinski definition) is 1. The minimum atomic E-state index is -0.362. The van der Waals surface area contributed by atoms with E-state index in [0.29, 0.717) is 12.0 Å². The highest BCUT2D eigenvalue weighted by molar-refractivity contribution is 6.10. The third-order valence-electron chi connectivity index (χ3n) is 4.41. The Morgan fingerprint density at radius 1 is 1.04 bits per heavy atom. The molecule has 0 radical (unpaired) electrons. The molecule has 0 amide bonds. The van der Waals surface area contributed by atoms with E-state index < -0.39 is 0 Å². The lowest BCUT2D eigenvalue weighted by Gasteiger charge is -2.14. The number of aryl methyl sites for hydroxylation is 1. The van der Waals surface area contributed by atoms with Gasteiger partial charge in [0.05, 0.1) is 5.92 Å². The van der Waals surface area contributed by atoms with Gasteiger partial charge in [-0.3, -0.25) is 9.59 Å². The quantitative estimate of drug-likeness (QED) is 0.537. The number of H-pyrrole nitrogens is 1. The molecule has 1 heterocycles. The van der Waals surface area contributed by atoms with Crippen molar-refractivity contribution >= 4 is 22.7 Å². The van der Waals surface area contributed by atoms with Gasteiger partial charge in [-0.2, -0.15) is 0 Å². The van der Waals surface area contributed by atoms with E-state index in [2.05, 4.69) is 4.98 Å². The highest BCUT2D eigenvalue weighted by atomic mass is 16.5. The van der Waals surface area contributed by atoms with Crippen LogP contribution in [0.5, 0.6) is 0 Å². The summed E-state index contributed by atoms with van der Waals surface area (Å²) in [6.07, 6.45) is 0.628. The van der Waals surface area contributed by atoms with Crippen LogP contribution in [-0.2, 0) is 9.53 Å². The molecule has 3 rings (SSSR count). The van der Waals surface area contributed by atoms with Gasteiger partial charge in [0.2, 0.25) is 5.78 Å². The summed E-state index contributed by atoms with van der Waals surface area (Å²) in [5.41, 5.74) is 3.20. The second-order valence-corrected chi connectivity index (χ2v) is 6.07. The van der Waals surface area contributed by atoms with Crippen molar-refractivity contribution in [2.45, 2.75) is 26.2 Å². The fourth-order valence-corrected chi connectivity index (χ4v) is 3.17. The van der Waals surface area contributed by atoms with Crippen LogP contribution in [0.2, 0.25) is 0 Å². The van der Waals surface area contributed by atoms with Gasteiger partial charge in [-0.15, -0.1) is 0 Å². The topological polar surface area (TPSA) is 59.2 Å². The monoisotopic (exact) mass is 335 g/mol. The van der Waals surface area contributed by atoms with Crippen LogP contribution in [0.25, 0.3) is 10.9 Å². The summed E-state index contributed by atoms with van der Waals surface area (Å²) in [5.74, 6) is -0.899. The largest absolute Gasteiger partial charge is 0.457 e. The molecular formula is C21H21NO3. The molecule has 0 spiro atoms. The number of ketones is 1. The molecule has 1 aromatic heterocycles. The minimum absolute atomic E-state index is 0.189. The molecule has 1 N–H and O–H groups in total. The maximum Gasteiger partial charge on any atom is 0.313 e. The fraction of sp³-hybridized carbons (Fsp3) is 0.238. The number of carbonyl (C=O) groups excluding carboxylic acids is 2. The van der Waals surface area contributed by atoms with Crippen molar-refractivity contribution in [3.05, 3.63) is 71.4 Å². The average molecular weight is 335 g/mol. The average Bonchev–Trinajstić information content (AvgIpc) is 2.97. The molecule has 2 aromatic carbocycles. The van der Waals surface area contributed by atoms with Gasteiger partial charge in [-0.05, 0) is 25.0 Å². The van der Waals surface area contributed by atoms with E-state index in [1.807, 2.05) is 68.4 Å². The first-order chi connectivity index (χ1) is 12.1. The van der Waals surface area contributed by atoms with Gasteiger partial charge in [0.15, 0.2) is 6.61 Å². The lowest BCUT2D eigenvalue weighted by molar-refractivity contribution is -0.144. The van der Waals surface area contributed by atoms with Crippen molar-refractivity contribution in [3.8, 4) is 0 Å². The van der Waals surface area contributed by atoms with Gasteiger partial charge in [0.25, 0.3) is 0 Å². The zero-order chi connectivity index (χ0) is 17.8. The van der Waals surface area contributed by atoms with Crippen molar-refractivity contribution in [1.82, 2.24) is 4.98 Å². The van der Waals surface area contributed by atoms with Gasteiger partial charge in [-0.25, -0.2) is 0 Å². The summed E-state index contributed by atoms with van der Waals surface area (Å²) in [5, 5.41) is 0.858. The Balaban J connectivity index is 1.73. The Labute approximate surface area is 146 Å². The number of para-hydroxylation sites is 1. The normalized spacial score (nSPS) is 12.1. The zero-order valence-electron chi connectivity index (χ0n) is 14.4. The Bertz CT molecular complexity index is 896. The number of fused-ring (bicyclic) bond motifs is 1. The smallest absolute Gasteiger partial charge is 0.313 e. The first kappa shape index (κ1) is 17.0. The SMILES string of the molecule is CCC(C(=O)OCC(=O)c1c(C)[nH]c2ccccc12)c1ccccc1. The first-order valence-corrected chi connectivity index (χ1v) is 8.44. The number of esters is 1. The van der Waals surface area contributed by atoms with Crippen LogP contribution in [0, 0.1) is 6.92 Å². The molecule has 0 fully saturated rings. The Morgan fingerprint density at radius 3 is 2.44 bits per heavy atom. The van der Waals surface area contributed by atoms with Crippen LogP contribution in [0.3, 0.4) is 0 Å². The highest BCUT2D eigenvalue weighted by Gasteiger charge is 2.22. The Hall–Kier alpha value is -2.88. The predicted octanol–water partition coefficient (Wildman–Crippen LogP) is 4.40. The molecule has 128 valence electrons. The number of carbonyl (C=O) groups is 2. The highest BCUT2D eigenvalue weighted by Crippen LogP contribution is 2.24. The van der Waals surface area contributed by atoms with Crippen LogP contribution in [0.4, 0.5) is 0 Å². The number of benzene rings is 2. The predicted molar refractivity (Wildman–Crippen MR) is 97.8 cm³/mol. The molecule has 0 saturated carbocycles. The maximum atomic E-state index is 12.6. The minimum Gasteiger partial charge on any atom is -0.457 e. The molecular weight excluding hydrogens is 314 g/mol.